The van der Waals surface area contributed by atoms with E-state index in [1.807, 2.05) is 19.1 Å². The van der Waals surface area contributed by atoms with Gasteiger partial charge in [0, 0.05) is 11.0 Å². The molecule has 2 rings (SSSR count). The van der Waals surface area contributed by atoms with E-state index in [1.165, 1.54) is 32.4 Å². The molecule has 160 valence electrons. The first-order valence-electron chi connectivity index (χ1n) is 8.89. The number of carbonyl (C=O) groups excluding carboxylic acids is 2. The van der Waals surface area contributed by atoms with Crippen molar-refractivity contribution in [2.24, 2.45) is 0 Å². The van der Waals surface area contributed by atoms with Gasteiger partial charge in [-0.25, -0.2) is 13.1 Å². The van der Waals surface area contributed by atoms with Crippen molar-refractivity contribution < 1.29 is 32.2 Å². The monoisotopic (exact) mass is 433 g/mol. The Balaban J connectivity index is 1.85. The van der Waals surface area contributed by atoms with Gasteiger partial charge in [-0.05, 0) is 36.8 Å². The van der Waals surface area contributed by atoms with Crippen molar-refractivity contribution in [2.45, 2.75) is 6.92 Å². The zero-order chi connectivity index (χ0) is 22.1. The van der Waals surface area contributed by atoms with E-state index >= 15 is 0 Å². The van der Waals surface area contributed by atoms with E-state index in [0.717, 1.165) is 11.0 Å². The number of esters is 1. The lowest BCUT2D eigenvalue weighted by Crippen LogP contribution is -2.30. The van der Waals surface area contributed by atoms with Crippen LogP contribution >= 0.6 is 0 Å². The Kier molecular flexibility index (Phi) is 8.14. The maximum absolute atomic E-state index is 12.2. The van der Waals surface area contributed by atoms with E-state index in [0.29, 0.717) is 17.1 Å². The number of methoxy groups -OCH3 is 2. The first kappa shape index (κ1) is 23.1. The maximum atomic E-state index is 12.2. The van der Waals surface area contributed by atoms with Crippen molar-refractivity contribution in [3.63, 3.8) is 0 Å². The number of hydrogen-bond acceptors (Lipinski definition) is 7. The molecule has 0 atom stereocenters. The summed E-state index contributed by atoms with van der Waals surface area (Å²) in [4.78, 5) is 24.0. The molecule has 0 fully saturated rings. The zero-order valence-corrected chi connectivity index (χ0v) is 17.7. The van der Waals surface area contributed by atoms with Crippen LogP contribution in [0.15, 0.2) is 47.9 Å². The largest absolute Gasteiger partial charge is 0.493 e. The number of ether oxygens (including phenoxy) is 3. The molecule has 2 aromatic carbocycles. The highest BCUT2D eigenvalue weighted by Gasteiger charge is 2.15. The molecule has 0 saturated carbocycles. The Morgan fingerprint density at radius 2 is 1.67 bits per heavy atom. The number of rotatable bonds is 10. The van der Waals surface area contributed by atoms with Crippen LogP contribution < -0.4 is 14.2 Å². The molecular weight excluding hydrogens is 410 g/mol. The highest BCUT2D eigenvalue weighted by atomic mass is 32.2. The van der Waals surface area contributed by atoms with Crippen LogP contribution in [0, 0.1) is 6.92 Å². The highest BCUT2D eigenvalue weighted by Crippen LogP contribution is 2.27. The second-order valence-corrected chi connectivity index (χ2v) is 7.88. The lowest BCUT2D eigenvalue weighted by atomic mass is 10.1. The summed E-state index contributed by atoms with van der Waals surface area (Å²) in [6.45, 7) is 0.794. The number of hydrogen-bond donors (Lipinski definition) is 1. The summed E-state index contributed by atoms with van der Waals surface area (Å²) in [6.07, 6.45) is 1.41. The summed E-state index contributed by atoms with van der Waals surface area (Å²) in [5.74, 6) is -0.524. The summed E-state index contributed by atoms with van der Waals surface area (Å²) in [6, 6.07) is 11.8. The molecule has 0 amide bonds. The predicted molar refractivity (Wildman–Crippen MR) is 112 cm³/mol. The van der Waals surface area contributed by atoms with E-state index in [9.17, 15) is 18.0 Å². The van der Waals surface area contributed by atoms with E-state index < -0.39 is 34.9 Å². The first-order chi connectivity index (χ1) is 14.2. The molecular formula is C21H23NO7S. The van der Waals surface area contributed by atoms with E-state index in [-0.39, 0.29) is 5.56 Å². The molecule has 0 aliphatic carbocycles. The molecule has 30 heavy (non-hydrogen) atoms. The normalized spacial score (nSPS) is 11.3. The SMILES string of the molecule is COc1ccc(C(=O)COC(=O)CNS(=O)(=O)/C=C/c2ccc(C)cc2)cc1OC. The number of benzene rings is 2. The molecule has 9 heteroatoms. The predicted octanol–water partition coefficient (Wildman–Crippen LogP) is 2.33. The van der Waals surface area contributed by atoms with Crippen LogP contribution in [0.2, 0.25) is 0 Å². The molecule has 0 aromatic heterocycles. The van der Waals surface area contributed by atoms with Gasteiger partial charge in [-0.2, -0.15) is 0 Å². The molecule has 0 saturated heterocycles. The van der Waals surface area contributed by atoms with Crippen LogP contribution in [-0.4, -0.2) is 47.5 Å². The van der Waals surface area contributed by atoms with Gasteiger partial charge < -0.3 is 14.2 Å². The summed E-state index contributed by atoms with van der Waals surface area (Å²) < 4.78 is 41.1. The average Bonchev–Trinajstić information content (AvgIpc) is 2.75. The Morgan fingerprint density at radius 1 is 1.00 bits per heavy atom. The van der Waals surface area contributed by atoms with Gasteiger partial charge >= 0.3 is 5.97 Å². The van der Waals surface area contributed by atoms with Crippen molar-refractivity contribution in [1.82, 2.24) is 4.72 Å². The third-order valence-corrected chi connectivity index (χ3v) is 5.05. The van der Waals surface area contributed by atoms with Crippen LogP contribution in [-0.2, 0) is 19.6 Å². The van der Waals surface area contributed by atoms with Gasteiger partial charge in [0.1, 0.15) is 6.54 Å². The van der Waals surface area contributed by atoms with Gasteiger partial charge in [0.15, 0.2) is 23.9 Å². The smallest absolute Gasteiger partial charge is 0.321 e. The van der Waals surface area contributed by atoms with Gasteiger partial charge in [-0.1, -0.05) is 29.8 Å². The molecule has 1 N–H and O–H groups in total. The van der Waals surface area contributed by atoms with Crippen LogP contribution in [0.3, 0.4) is 0 Å². The van der Waals surface area contributed by atoms with Gasteiger partial charge in [0.05, 0.1) is 14.2 Å². The fourth-order valence-electron chi connectivity index (χ4n) is 2.34. The molecule has 0 aliphatic rings. The minimum Gasteiger partial charge on any atom is -0.493 e. The van der Waals surface area contributed by atoms with Crippen molar-refractivity contribution in [2.75, 3.05) is 27.4 Å². The highest BCUT2D eigenvalue weighted by molar-refractivity contribution is 7.92. The molecule has 8 nitrogen and oxygen atoms in total. The number of sulfonamides is 1. The number of Topliss-reactive ketones (excluding diaryl/α,β-unsaturated/α-hetero) is 1. The van der Waals surface area contributed by atoms with Crippen molar-refractivity contribution >= 4 is 27.9 Å². The minimum absolute atomic E-state index is 0.266. The Labute approximate surface area is 175 Å². The summed E-state index contributed by atoms with van der Waals surface area (Å²) in [7, 11) is -0.933. The van der Waals surface area contributed by atoms with Crippen molar-refractivity contribution in [3.8, 4) is 11.5 Å². The van der Waals surface area contributed by atoms with E-state index in [2.05, 4.69) is 4.72 Å². The fourth-order valence-corrected chi connectivity index (χ4v) is 3.09. The van der Waals surface area contributed by atoms with Gasteiger partial charge in [-0.15, -0.1) is 0 Å². The third kappa shape index (κ3) is 7.02. The van der Waals surface area contributed by atoms with Crippen LogP contribution in [0.4, 0.5) is 0 Å². The maximum Gasteiger partial charge on any atom is 0.321 e. The second kappa shape index (κ2) is 10.6. The van der Waals surface area contributed by atoms with Gasteiger partial charge in [0.25, 0.3) is 0 Å². The van der Waals surface area contributed by atoms with E-state index in [1.54, 1.807) is 18.2 Å². The Bertz CT molecular complexity index is 1030. The standard InChI is InChI=1S/C21H23NO7S/c1-15-4-6-16(7-5-15)10-11-30(25,26)22-13-21(24)29-14-18(23)17-8-9-19(27-2)20(12-17)28-3/h4-12,22H,13-14H2,1-3H3/b11-10+. The van der Waals surface area contributed by atoms with Crippen LogP contribution in [0.5, 0.6) is 11.5 Å². The fraction of sp³-hybridized carbons (Fsp3) is 0.238. The van der Waals surface area contributed by atoms with Crippen LogP contribution in [0.1, 0.15) is 21.5 Å². The molecule has 0 aliphatic heterocycles. The molecule has 0 heterocycles. The molecule has 0 unspecified atom stereocenters. The molecule has 0 radical (unpaired) electrons. The molecule has 0 spiro atoms. The van der Waals surface area contributed by atoms with E-state index in [4.69, 9.17) is 14.2 Å². The lowest BCUT2D eigenvalue weighted by Gasteiger charge is -2.09. The van der Waals surface area contributed by atoms with Crippen LogP contribution in [0.25, 0.3) is 6.08 Å². The Morgan fingerprint density at radius 3 is 2.30 bits per heavy atom. The zero-order valence-electron chi connectivity index (χ0n) is 16.9. The number of nitrogens with one attached hydrogen (secondary N) is 1. The number of ketones is 1. The second-order valence-electron chi connectivity index (χ2n) is 6.23. The van der Waals surface area contributed by atoms with Gasteiger partial charge in [-0.3, -0.25) is 9.59 Å². The average molecular weight is 433 g/mol. The summed E-state index contributed by atoms with van der Waals surface area (Å²) in [5, 5.41) is 0.958. The van der Waals surface area contributed by atoms with Gasteiger partial charge in [0.2, 0.25) is 10.0 Å². The number of carbonyl (C=O) groups is 2. The van der Waals surface area contributed by atoms with Crippen molar-refractivity contribution in [3.05, 3.63) is 64.6 Å². The van der Waals surface area contributed by atoms with Crippen molar-refractivity contribution in [1.29, 1.82) is 0 Å². The first-order valence-corrected chi connectivity index (χ1v) is 10.4. The lowest BCUT2D eigenvalue weighted by molar-refractivity contribution is -0.141. The summed E-state index contributed by atoms with van der Waals surface area (Å²) in [5.41, 5.74) is 2.02. The molecule has 2 aromatic rings. The summed E-state index contributed by atoms with van der Waals surface area (Å²) >= 11 is 0. The quantitative estimate of drug-likeness (QED) is 0.452. The topological polar surface area (TPSA) is 108 Å². The molecule has 0 bridgehead atoms. The number of aryl methyl sites for hydroxylation is 1. The minimum atomic E-state index is -3.84. The third-order valence-electron chi connectivity index (χ3n) is 4.00. The Hall–Kier alpha value is -3.17.